The summed E-state index contributed by atoms with van der Waals surface area (Å²) in [6, 6.07) is 14.3. The zero-order valence-corrected chi connectivity index (χ0v) is 16.5. The van der Waals surface area contributed by atoms with Crippen LogP contribution in [0.2, 0.25) is 0 Å². The van der Waals surface area contributed by atoms with Crippen molar-refractivity contribution >= 4 is 11.6 Å². The first-order chi connectivity index (χ1) is 13.5. The fourth-order valence-corrected chi connectivity index (χ4v) is 3.45. The number of rotatable bonds is 8. The van der Waals surface area contributed by atoms with Crippen LogP contribution in [0.4, 0.5) is 10.1 Å². The summed E-state index contributed by atoms with van der Waals surface area (Å²) in [4.78, 5) is 16.7. The van der Waals surface area contributed by atoms with E-state index in [0.29, 0.717) is 12.3 Å². The monoisotopic (exact) mass is 385 g/mol. The summed E-state index contributed by atoms with van der Waals surface area (Å²) in [5, 5.41) is 2.99. The minimum atomic E-state index is -0.328. The van der Waals surface area contributed by atoms with E-state index in [2.05, 4.69) is 39.4 Å². The predicted molar refractivity (Wildman–Crippen MR) is 109 cm³/mol. The molecule has 1 aliphatic heterocycles. The van der Waals surface area contributed by atoms with Gasteiger partial charge in [-0.05, 0) is 67.9 Å². The van der Waals surface area contributed by atoms with E-state index in [1.54, 1.807) is 0 Å². The lowest BCUT2D eigenvalue weighted by Crippen LogP contribution is -2.38. The molecule has 1 aliphatic rings. The van der Waals surface area contributed by atoms with Gasteiger partial charge in [-0.2, -0.15) is 0 Å². The molecule has 2 aromatic rings. The Balaban J connectivity index is 1.58. The molecule has 0 aromatic heterocycles. The maximum Gasteiger partial charge on any atom is 0.258 e. The second kappa shape index (κ2) is 9.55. The number of hydrogen-bond donors (Lipinski definition) is 1. The second-order valence-electron chi connectivity index (χ2n) is 7.29. The fourth-order valence-electron chi connectivity index (χ4n) is 3.45. The van der Waals surface area contributed by atoms with Crippen LogP contribution in [0.5, 0.6) is 5.75 Å². The van der Waals surface area contributed by atoms with E-state index < -0.39 is 0 Å². The zero-order chi connectivity index (χ0) is 19.9. The van der Waals surface area contributed by atoms with Gasteiger partial charge in [0.05, 0.1) is 6.04 Å². The highest BCUT2D eigenvalue weighted by atomic mass is 19.1. The molecule has 1 saturated heterocycles. The lowest BCUT2D eigenvalue weighted by molar-refractivity contribution is -0.123. The first kappa shape index (κ1) is 20.1. The van der Waals surface area contributed by atoms with Gasteiger partial charge in [-0.25, -0.2) is 4.39 Å². The summed E-state index contributed by atoms with van der Waals surface area (Å²) in [5.74, 6) is -0.0316. The van der Waals surface area contributed by atoms with Crippen molar-refractivity contribution in [3.8, 4) is 5.75 Å². The maximum atomic E-state index is 12.9. The maximum absolute atomic E-state index is 12.9. The van der Waals surface area contributed by atoms with Gasteiger partial charge < -0.3 is 15.0 Å². The van der Waals surface area contributed by atoms with Crippen LogP contribution in [0.15, 0.2) is 48.5 Å². The van der Waals surface area contributed by atoms with Crippen LogP contribution in [0.3, 0.4) is 0 Å². The van der Waals surface area contributed by atoms with Crippen molar-refractivity contribution in [3.63, 3.8) is 0 Å². The van der Waals surface area contributed by atoms with Crippen LogP contribution in [0.1, 0.15) is 24.4 Å². The predicted octanol–water partition coefficient (Wildman–Crippen LogP) is 3.22. The van der Waals surface area contributed by atoms with E-state index in [9.17, 15) is 9.18 Å². The van der Waals surface area contributed by atoms with Crippen LogP contribution in [-0.2, 0) is 4.79 Å². The summed E-state index contributed by atoms with van der Waals surface area (Å²) in [7, 11) is 4.04. The molecule has 2 aromatic carbocycles. The highest BCUT2D eigenvalue weighted by Crippen LogP contribution is 2.26. The largest absolute Gasteiger partial charge is 0.484 e. The Hall–Kier alpha value is -2.60. The third kappa shape index (κ3) is 5.45. The molecular weight excluding hydrogens is 357 g/mol. The van der Waals surface area contributed by atoms with Crippen molar-refractivity contribution in [2.75, 3.05) is 45.2 Å². The molecule has 6 heteroatoms. The molecule has 1 atom stereocenters. The molecule has 1 fully saturated rings. The highest BCUT2D eigenvalue weighted by molar-refractivity contribution is 5.77. The third-order valence-corrected chi connectivity index (χ3v) is 5.05. The van der Waals surface area contributed by atoms with Crippen molar-refractivity contribution < 1.29 is 13.9 Å². The Kier molecular flexibility index (Phi) is 6.87. The summed E-state index contributed by atoms with van der Waals surface area (Å²) >= 11 is 0. The molecule has 0 bridgehead atoms. The number of benzene rings is 2. The number of halogens is 1. The molecule has 0 saturated carbocycles. The third-order valence-electron chi connectivity index (χ3n) is 5.05. The SMILES string of the molecule is CN(C)c1ccc(C(CNC(=O)COc2ccc(F)cc2)N2CCCC2)cc1. The van der Waals surface area contributed by atoms with E-state index in [0.717, 1.165) is 18.8 Å². The van der Waals surface area contributed by atoms with E-state index in [-0.39, 0.29) is 24.4 Å². The minimum Gasteiger partial charge on any atom is -0.484 e. The summed E-state index contributed by atoms with van der Waals surface area (Å²) in [6.45, 7) is 2.54. The normalized spacial score (nSPS) is 15.2. The standard InChI is InChI=1S/C22H28FN3O2/c1-25(2)19-9-5-17(6-10-19)21(26-13-3-4-14-26)15-24-22(27)16-28-20-11-7-18(23)8-12-20/h5-12,21H,3-4,13-16H2,1-2H3,(H,24,27). The van der Waals surface area contributed by atoms with Gasteiger partial charge in [-0.3, -0.25) is 9.69 Å². The Morgan fingerprint density at radius 1 is 1.11 bits per heavy atom. The molecule has 5 nitrogen and oxygen atoms in total. The topological polar surface area (TPSA) is 44.8 Å². The number of hydrogen-bond acceptors (Lipinski definition) is 4. The van der Waals surface area contributed by atoms with Gasteiger partial charge in [0.1, 0.15) is 11.6 Å². The number of anilines is 1. The van der Waals surface area contributed by atoms with E-state index in [4.69, 9.17) is 4.74 Å². The molecule has 1 unspecified atom stereocenters. The number of amides is 1. The van der Waals surface area contributed by atoms with Crippen LogP contribution >= 0.6 is 0 Å². The van der Waals surface area contributed by atoms with Gasteiger partial charge in [0, 0.05) is 26.3 Å². The number of ether oxygens (including phenoxy) is 1. The zero-order valence-electron chi connectivity index (χ0n) is 16.5. The lowest BCUT2D eigenvalue weighted by atomic mass is 10.0. The molecule has 1 amide bonds. The quantitative estimate of drug-likeness (QED) is 0.758. The first-order valence-corrected chi connectivity index (χ1v) is 9.69. The van der Waals surface area contributed by atoms with Crippen molar-refractivity contribution in [1.29, 1.82) is 0 Å². The lowest BCUT2D eigenvalue weighted by Gasteiger charge is -2.28. The van der Waals surface area contributed by atoms with Crippen LogP contribution < -0.4 is 15.0 Å². The van der Waals surface area contributed by atoms with Crippen LogP contribution in [0, 0.1) is 5.82 Å². The molecule has 28 heavy (non-hydrogen) atoms. The van der Waals surface area contributed by atoms with E-state index >= 15 is 0 Å². The number of nitrogens with zero attached hydrogens (tertiary/aromatic N) is 2. The van der Waals surface area contributed by atoms with Gasteiger partial charge in [0.25, 0.3) is 5.91 Å². The molecule has 1 N–H and O–H groups in total. The Morgan fingerprint density at radius 2 is 1.75 bits per heavy atom. The van der Waals surface area contributed by atoms with Gasteiger partial charge in [-0.1, -0.05) is 12.1 Å². The minimum absolute atomic E-state index is 0.0854. The first-order valence-electron chi connectivity index (χ1n) is 9.69. The molecule has 0 radical (unpaired) electrons. The van der Waals surface area contributed by atoms with E-state index in [1.807, 2.05) is 14.1 Å². The average molecular weight is 385 g/mol. The number of carbonyl (C=O) groups is 1. The molecule has 0 spiro atoms. The Bertz CT molecular complexity index is 756. The fraction of sp³-hybridized carbons (Fsp3) is 0.409. The average Bonchev–Trinajstić information content (AvgIpc) is 3.22. The number of carbonyl (C=O) groups excluding carboxylic acids is 1. The molecule has 150 valence electrons. The van der Waals surface area contributed by atoms with Crippen LogP contribution in [-0.4, -0.2) is 51.1 Å². The van der Waals surface area contributed by atoms with Crippen molar-refractivity contribution in [2.24, 2.45) is 0 Å². The van der Waals surface area contributed by atoms with E-state index in [1.165, 1.54) is 42.7 Å². The smallest absolute Gasteiger partial charge is 0.258 e. The van der Waals surface area contributed by atoms with Gasteiger partial charge in [-0.15, -0.1) is 0 Å². The number of likely N-dealkylation sites (tertiary alicyclic amines) is 1. The van der Waals surface area contributed by atoms with Gasteiger partial charge >= 0.3 is 0 Å². The van der Waals surface area contributed by atoms with Crippen molar-refractivity contribution in [1.82, 2.24) is 10.2 Å². The highest BCUT2D eigenvalue weighted by Gasteiger charge is 2.24. The summed E-state index contributed by atoms with van der Waals surface area (Å²) < 4.78 is 18.4. The van der Waals surface area contributed by atoms with Crippen molar-refractivity contribution in [2.45, 2.75) is 18.9 Å². The Morgan fingerprint density at radius 3 is 2.36 bits per heavy atom. The summed E-state index contributed by atoms with van der Waals surface area (Å²) in [5.41, 5.74) is 2.35. The molecule has 1 heterocycles. The summed E-state index contributed by atoms with van der Waals surface area (Å²) in [6.07, 6.45) is 2.38. The molecule has 0 aliphatic carbocycles. The Labute approximate surface area is 166 Å². The molecule has 3 rings (SSSR count). The van der Waals surface area contributed by atoms with Crippen LogP contribution in [0.25, 0.3) is 0 Å². The van der Waals surface area contributed by atoms with Crippen molar-refractivity contribution in [3.05, 3.63) is 59.9 Å². The second-order valence-corrected chi connectivity index (χ2v) is 7.29. The number of nitrogens with one attached hydrogen (secondary N) is 1. The van der Waals surface area contributed by atoms with Gasteiger partial charge in [0.15, 0.2) is 6.61 Å². The van der Waals surface area contributed by atoms with Gasteiger partial charge in [0.2, 0.25) is 0 Å². The molecular formula is C22H28FN3O2.